The van der Waals surface area contributed by atoms with Crippen molar-refractivity contribution in [2.45, 2.75) is 6.54 Å². The van der Waals surface area contributed by atoms with Gasteiger partial charge in [-0.25, -0.2) is 0 Å². The first-order valence-corrected chi connectivity index (χ1v) is 7.60. The number of benzene rings is 1. The molecule has 0 spiro atoms. The highest BCUT2D eigenvalue weighted by Crippen LogP contribution is 2.27. The molecule has 0 saturated carbocycles. The second-order valence-corrected chi connectivity index (χ2v) is 6.51. The lowest BCUT2D eigenvalue weighted by Gasteiger charge is -2.21. The van der Waals surface area contributed by atoms with Crippen LogP contribution in [0.5, 0.6) is 0 Å². The summed E-state index contributed by atoms with van der Waals surface area (Å²) in [4.78, 5) is 3.27. The van der Waals surface area contributed by atoms with Crippen LogP contribution in [-0.2, 0) is 6.54 Å². The molecule has 6 heteroatoms. The second kappa shape index (κ2) is 5.94. The van der Waals surface area contributed by atoms with E-state index in [4.69, 9.17) is 22.7 Å². The van der Waals surface area contributed by atoms with Crippen LogP contribution in [0, 0.1) is 5.41 Å². The quantitative estimate of drug-likeness (QED) is 0.639. The molecule has 2 rings (SSSR count). The molecule has 0 aliphatic rings. The van der Waals surface area contributed by atoms with E-state index in [1.165, 1.54) is 4.88 Å². The third-order valence-electron chi connectivity index (χ3n) is 2.68. The van der Waals surface area contributed by atoms with Crippen LogP contribution >= 0.6 is 38.9 Å². The highest BCUT2D eigenvalue weighted by atomic mass is 79.9. The maximum absolute atomic E-state index is 7.63. The summed E-state index contributed by atoms with van der Waals surface area (Å²) < 4.78 is 1.08. The largest absolute Gasteiger partial charge is 0.384 e. The lowest BCUT2D eigenvalue weighted by molar-refractivity contribution is 0.938. The fraction of sp³-hybridized carbons (Fsp3) is 0.154. The third-order valence-corrected chi connectivity index (χ3v) is 4.59. The SMILES string of the molecule is CN(Cc1cc(Br)cs1)c1cc(Cl)ccc1C(=N)N. The Hall–Kier alpha value is -1.04. The van der Waals surface area contributed by atoms with Crippen molar-refractivity contribution in [2.24, 2.45) is 5.73 Å². The number of hydrogen-bond donors (Lipinski definition) is 2. The zero-order valence-electron chi connectivity index (χ0n) is 10.3. The van der Waals surface area contributed by atoms with Gasteiger partial charge in [0, 0.05) is 38.1 Å². The van der Waals surface area contributed by atoms with E-state index in [1.807, 2.05) is 23.4 Å². The summed E-state index contributed by atoms with van der Waals surface area (Å²) in [7, 11) is 1.96. The maximum atomic E-state index is 7.63. The number of halogens is 2. The summed E-state index contributed by atoms with van der Waals surface area (Å²) in [6.07, 6.45) is 0. The average molecular weight is 359 g/mol. The molecule has 3 nitrogen and oxygen atoms in total. The molecule has 1 aromatic carbocycles. The maximum Gasteiger partial charge on any atom is 0.124 e. The summed E-state index contributed by atoms with van der Waals surface area (Å²) in [6.45, 7) is 0.747. The van der Waals surface area contributed by atoms with Crippen molar-refractivity contribution < 1.29 is 0 Å². The van der Waals surface area contributed by atoms with Crippen molar-refractivity contribution in [3.05, 3.63) is 49.6 Å². The molecule has 2 aromatic rings. The van der Waals surface area contributed by atoms with Crippen LogP contribution in [0.3, 0.4) is 0 Å². The zero-order chi connectivity index (χ0) is 14.0. The minimum absolute atomic E-state index is 0.0471. The van der Waals surface area contributed by atoms with Gasteiger partial charge in [0.25, 0.3) is 0 Å². The van der Waals surface area contributed by atoms with Crippen molar-refractivity contribution in [2.75, 3.05) is 11.9 Å². The van der Waals surface area contributed by atoms with E-state index in [0.29, 0.717) is 10.6 Å². The number of rotatable bonds is 4. The predicted molar refractivity (Wildman–Crippen MR) is 86.6 cm³/mol. The van der Waals surface area contributed by atoms with Crippen LogP contribution in [0.25, 0.3) is 0 Å². The van der Waals surface area contributed by atoms with Gasteiger partial charge in [-0.1, -0.05) is 11.6 Å². The van der Waals surface area contributed by atoms with Gasteiger partial charge in [-0.3, -0.25) is 5.41 Å². The summed E-state index contributed by atoms with van der Waals surface area (Å²) >= 11 is 11.2. The molecule has 0 bridgehead atoms. The Balaban J connectivity index is 2.29. The predicted octanol–water partition coefficient (Wildman–Crippen LogP) is 4.08. The Morgan fingerprint density at radius 2 is 2.21 bits per heavy atom. The Bertz CT molecular complexity index is 612. The zero-order valence-corrected chi connectivity index (χ0v) is 13.4. The Morgan fingerprint density at radius 1 is 1.47 bits per heavy atom. The number of hydrogen-bond acceptors (Lipinski definition) is 3. The molecule has 0 saturated heterocycles. The molecule has 1 aromatic heterocycles. The van der Waals surface area contributed by atoms with Gasteiger partial charge in [-0.05, 0) is 40.2 Å². The Morgan fingerprint density at radius 3 is 2.79 bits per heavy atom. The van der Waals surface area contributed by atoms with E-state index in [2.05, 4.69) is 22.0 Å². The molecule has 0 aliphatic heterocycles. The van der Waals surface area contributed by atoms with E-state index in [1.54, 1.807) is 23.5 Å². The number of nitrogens with zero attached hydrogens (tertiary/aromatic N) is 1. The highest BCUT2D eigenvalue weighted by Gasteiger charge is 2.11. The lowest BCUT2D eigenvalue weighted by atomic mass is 10.1. The molecule has 0 amide bonds. The number of anilines is 1. The molecule has 0 unspecified atom stereocenters. The summed E-state index contributed by atoms with van der Waals surface area (Å²) in [6, 6.07) is 7.44. The van der Waals surface area contributed by atoms with Gasteiger partial charge in [-0.2, -0.15) is 0 Å². The van der Waals surface area contributed by atoms with Gasteiger partial charge in [0.15, 0.2) is 0 Å². The van der Waals surface area contributed by atoms with Gasteiger partial charge < -0.3 is 10.6 Å². The number of amidine groups is 1. The molecule has 1 heterocycles. The molecule has 0 radical (unpaired) electrons. The van der Waals surface area contributed by atoms with Crippen LogP contribution in [0.1, 0.15) is 10.4 Å². The van der Waals surface area contributed by atoms with Gasteiger partial charge >= 0.3 is 0 Å². The van der Waals surface area contributed by atoms with Crippen molar-refractivity contribution >= 4 is 50.4 Å². The van der Waals surface area contributed by atoms with Crippen molar-refractivity contribution in [1.82, 2.24) is 0 Å². The van der Waals surface area contributed by atoms with E-state index in [-0.39, 0.29) is 5.84 Å². The van der Waals surface area contributed by atoms with Crippen molar-refractivity contribution in [1.29, 1.82) is 5.41 Å². The first-order chi connectivity index (χ1) is 8.97. The van der Waals surface area contributed by atoms with E-state index < -0.39 is 0 Å². The highest BCUT2D eigenvalue weighted by molar-refractivity contribution is 9.10. The molecule has 19 heavy (non-hydrogen) atoms. The van der Waals surface area contributed by atoms with Gasteiger partial charge in [0.05, 0.1) is 6.54 Å². The van der Waals surface area contributed by atoms with E-state index in [0.717, 1.165) is 16.7 Å². The normalized spacial score (nSPS) is 10.5. The summed E-state index contributed by atoms with van der Waals surface area (Å²) in [5, 5.41) is 10.3. The standard InChI is InChI=1S/C13H13BrClN3S/c1-18(6-10-4-8(14)7-19-10)12-5-9(15)2-3-11(12)13(16)17/h2-5,7H,6H2,1H3,(H3,16,17). The molecule has 0 aliphatic carbocycles. The minimum Gasteiger partial charge on any atom is -0.384 e. The van der Waals surface area contributed by atoms with Crippen LogP contribution in [-0.4, -0.2) is 12.9 Å². The van der Waals surface area contributed by atoms with Crippen molar-refractivity contribution in [3.8, 4) is 0 Å². The lowest BCUT2D eigenvalue weighted by Crippen LogP contribution is -2.21. The average Bonchev–Trinajstić information content (AvgIpc) is 2.74. The molecular weight excluding hydrogens is 346 g/mol. The number of nitrogens with one attached hydrogen (secondary N) is 1. The smallest absolute Gasteiger partial charge is 0.124 e. The monoisotopic (exact) mass is 357 g/mol. The minimum atomic E-state index is 0.0471. The van der Waals surface area contributed by atoms with Gasteiger partial charge in [0.1, 0.15) is 5.84 Å². The van der Waals surface area contributed by atoms with Crippen LogP contribution in [0.2, 0.25) is 5.02 Å². The first-order valence-electron chi connectivity index (χ1n) is 5.55. The number of thiophene rings is 1. The molecular formula is C13H13BrClN3S. The van der Waals surface area contributed by atoms with Crippen molar-refractivity contribution in [3.63, 3.8) is 0 Å². The third kappa shape index (κ3) is 3.49. The number of nitrogen functional groups attached to an aromatic ring is 1. The molecule has 0 fully saturated rings. The Kier molecular flexibility index (Phi) is 4.50. The van der Waals surface area contributed by atoms with E-state index in [9.17, 15) is 0 Å². The van der Waals surface area contributed by atoms with Gasteiger partial charge in [-0.15, -0.1) is 11.3 Å². The fourth-order valence-corrected chi connectivity index (χ4v) is 3.47. The number of nitrogens with two attached hydrogens (primary N) is 1. The van der Waals surface area contributed by atoms with E-state index >= 15 is 0 Å². The summed E-state index contributed by atoms with van der Waals surface area (Å²) in [5.74, 6) is 0.0471. The molecule has 0 atom stereocenters. The topological polar surface area (TPSA) is 53.1 Å². The van der Waals surface area contributed by atoms with Gasteiger partial charge in [0.2, 0.25) is 0 Å². The van der Waals surface area contributed by atoms with Crippen LogP contribution in [0.15, 0.2) is 34.1 Å². The molecule has 3 N–H and O–H groups in total. The van der Waals surface area contributed by atoms with Crippen LogP contribution in [0.4, 0.5) is 5.69 Å². The Labute approximate surface area is 129 Å². The fourth-order valence-electron chi connectivity index (χ4n) is 1.80. The molecule has 100 valence electrons. The second-order valence-electron chi connectivity index (χ2n) is 4.16. The first kappa shape index (κ1) is 14.4. The van der Waals surface area contributed by atoms with Crippen LogP contribution < -0.4 is 10.6 Å². The summed E-state index contributed by atoms with van der Waals surface area (Å²) in [5.41, 5.74) is 7.17.